The maximum Gasteiger partial charge on any atom is 0.166 e. The number of Topliss-reactive ketones (excluding diaryl/α,β-unsaturated/α-hetero) is 1. The molecule has 0 bridgehead atoms. The SMILES string of the molecule is O=C1CCCc2c1cnn2C(c1ccccc1)(c1ccccc1)c1ccccc1. The molecule has 3 nitrogen and oxygen atoms in total. The van der Waals surface area contributed by atoms with Crippen LogP contribution in [0.15, 0.2) is 97.2 Å². The Bertz CT molecular complexity index is 1030. The van der Waals surface area contributed by atoms with Gasteiger partial charge in [-0.05, 0) is 29.5 Å². The first-order chi connectivity index (χ1) is 14.3. The van der Waals surface area contributed by atoms with Gasteiger partial charge in [-0.1, -0.05) is 91.0 Å². The molecule has 4 aromatic rings. The molecule has 0 amide bonds. The van der Waals surface area contributed by atoms with Gasteiger partial charge in [-0.25, -0.2) is 4.68 Å². The van der Waals surface area contributed by atoms with Crippen molar-refractivity contribution in [2.24, 2.45) is 0 Å². The number of carbonyl (C=O) groups excluding carboxylic acids is 1. The summed E-state index contributed by atoms with van der Waals surface area (Å²) in [5, 5.41) is 4.85. The van der Waals surface area contributed by atoms with Crippen LogP contribution in [0.25, 0.3) is 0 Å². The molecule has 1 aliphatic rings. The molecule has 1 aromatic heterocycles. The number of hydrogen-bond donors (Lipinski definition) is 0. The molecule has 142 valence electrons. The molecule has 1 aliphatic carbocycles. The Morgan fingerprint density at radius 3 is 1.66 bits per heavy atom. The minimum atomic E-state index is -0.644. The Morgan fingerprint density at radius 2 is 1.17 bits per heavy atom. The molecule has 0 spiro atoms. The first kappa shape index (κ1) is 17.6. The fourth-order valence-corrected chi connectivity index (χ4v) is 4.59. The van der Waals surface area contributed by atoms with Crippen molar-refractivity contribution < 1.29 is 4.79 Å². The lowest BCUT2D eigenvalue weighted by atomic mass is 9.76. The summed E-state index contributed by atoms with van der Waals surface area (Å²) in [5.41, 5.74) is 4.53. The quantitative estimate of drug-likeness (QED) is 0.455. The second-order valence-corrected chi connectivity index (χ2v) is 7.50. The Kier molecular flexibility index (Phi) is 4.36. The summed E-state index contributed by atoms with van der Waals surface area (Å²) in [6.07, 6.45) is 4.09. The first-order valence-electron chi connectivity index (χ1n) is 10.1. The van der Waals surface area contributed by atoms with Crippen LogP contribution in [0.5, 0.6) is 0 Å². The molecule has 0 unspecified atom stereocenters. The summed E-state index contributed by atoms with van der Waals surface area (Å²) >= 11 is 0. The number of ketones is 1. The second-order valence-electron chi connectivity index (χ2n) is 7.50. The molecule has 3 heteroatoms. The van der Waals surface area contributed by atoms with Gasteiger partial charge < -0.3 is 0 Å². The van der Waals surface area contributed by atoms with Crippen molar-refractivity contribution in [3.05, 3.63) is 125 Å². The number of fused-ring (bicyclic) bond motifs is 1. The Hall–Kier alpha value is -3.46. The van der Waals surface area contributed by atoms with E-state index in [2.05, 4.69) is 77.5 Å². The van der Waals surface area contributed by atoms with Crippen LogP contribution in [0, 0.1) is 0 Å². The highest BCUT2D eigenvalue weighted by Gasteiger charge is 2.41. The van der Waals surface area contributed by atoms with Gasteiger partial charge in [0.1, 0.15) is 5.54 Å². The van der Waals surface area contributed by atoms with Gasteiger partial charge >= 0.3 is 0 Å². The first-order valence-corrected chi connectivity index (χ1v) is 10.1. The fraction of sp³-hybridized carbons (Fsp3) is 0.154. The van der Waals surface area contributed by atoms with Crippen molar-refractivity contribution in [2.75, 3.05) is 0 Å². The monoisotopic (exact) mass is 378 g/mol. The summed E-state index contributed by atoms with van der Waals surface area (Å²) in [6.45, 7) is 0. The Labute approximate surface area is 170 Å². The fourth-order valence-electron chi connectivity index (χ4n) is 4.59. The van der Waals surface area contributed by atoms with Crippen molar-refractivity contribution in [2.45, 2.75) is 24.8 Å². The van der Waals surface area contributed by atoms with E-state index in [0.717, 1.165) is 40.8 Å². The maximum atomic E-state index is 12.6. The van der Waals surface area contributed by atoms with Crippen molar-refractivity contribution >= 4 is 5.78 Å². The standard InChI is InChI=1S/C26H22N2O/c29-25-18-10-17-24-23(25)19-27-28(24)26(20-11-4-1-5-12-20,21-13-6-2-7-14-21)22-15-8-3-9-16-22/h1-9,11-16,19H,10,17-18H2. The van der Waals surface area contributed by atoms with Crippen molar-refractivity contribution in [3.8, 4) is 0 Å². The van der Waals surface area contributed by atoms with Crippen LogP contribution in [-0.4, -0.2) is 15.6 Å². The van der Waals surface area contributed by atoms with E-state index in [1.807, 2.05) is 18.2 Å². The van der Waals surface area contributed by atoms with Gasteiger partial charge in [-0.2, -0.15) is 5.10 Å². The highest BCUT2D eigenvalue weighted by atomic mass is 16.1. The number of aromatic nitrogens is 2. The molecule has 0 radical (unpaired) electrons. The minimum absolute atomic E-state index is 0.195. The van der Waals surface area contributed by atoms with Crippen LogP contribution in [0.3, 0.4) is 0 Å². The van der Waals surface area contributed by atoms with Gasteiger partial charge in [0.2, 0.25) is 0 Å². The molecule has 0 fully saturated rings. The lowest BCUT2D eigenvalue weighted by Gasteiger charge is -2.38. The van der Waals surface area contributed by atoms with Gasteiger partial charge in [0.25, 0.3) is 0 Å². The van der Waals surface area contributed by atoms with E-state index in [9.17, 15) is 4.79 Å². The normalized spacial score (nSPS) is 13.9. The van der Waals surface area contributed by atoms with Crippen molar-refractivity contribution in [1.29, 1.82) is 0 Å². The van der Waals surface area contributed by atoms with Crippen LogP contribution in [-0.2, 0) is 12.0 Å². The molecule has 29 heavy (non-hydrogen) atoms. The maximum absolute atomic E-state index is 12.6. The summed E-state index contributed by atoms with van der Waals surface area (Å²) in [4.78, 5) is 12.6. The number of rotatable bonds is 4. The molecule has 0 saturated heterocycles. The molecular weight excluding hydrogens is 356 g/mol. The van der Waals surface area contributed by atoms with Gasteiger partial charge in [-0.3, -0.25) is 4.79 Å². The van der Waals surface area contributed by atoms with E-state index in [-0.39, 0.29) is 5.78 Å². The van der Waals surface area contributed by atoms with Crippen LogP contribution >= 0.6 is 0 Å². The third-order valence-corrected chi connectivity index (χ3v) is 5.88. The van der Waals surface area contributed by atoms with E-state index in [0.29, 0.717) is 6.42 Å². The number of carbonyl (C=O) groups is 1. The third-order valence-electron chi connectivity index (χ3n) is 5.88. The van der Waals surface area contributed by atoms with Gasteiger partial charge in [-0.15, -0.1) is 0 Å². The smallest absolute Gasteiger partial charge is 0.166 e. The second kappa shape index (κ2) is 7.17. The summed E-state index contributed by atoms with van der Waals surface area (Å²) in [6, 6.07) is 31.4. The van der Waals surface area contributed by atoms with Gasteiger partial charge in [0.05, 0.1) is 17.5 Å². The molecule has 5 rings (SSSR count). The van der Waals surface area contributed by atoms with E-state index >= 15 is 0 Å². The highest BCUT2D eigenvalue weighted by molar-refractivity contribution is 5.97. The van der Waals surface area contributed by atoms with E-state index in [1.54, 1.807) is 6.20 Å². The van der Waals surface area contributed by atoms with Crippen LogP contribution in [0.1, 0.15) is 45.6 Å². The van der Waals surface area contributed by atoms with E-state index in [4.69, 9.17) is 5.10 Å². The zero-order chi connectivity index (χ0) is 19.7. The van der Waals surface area contributed by atoms with Crippen LogP contribution in [0.4, 0.5) is 0 Å². The Balaban J connectivity index is 1.91. The average Bonchev–Trinajstić information content (AvgIpc) is 3.23. The molecule has 0 N–H and O–H groups in total. The van der Waals surface area contributed by atoms with Crippen LogP contribution in [0.2, 0.25) is 0 Å². The number of benzene rings is 3. The number of hydrogen-bond acceptors (Lipinski definition) is 2. The highest BCUT2D eigenvalue weighted by Crippen LogP contribution is 2.42. The molecule has 3 aromatic carbocycles. The lowest BCUT2D eigenvalue weighted by Crippen LogP contribution is -2.40. The van der Waals surface area contributed by atoms with Crippen molar-refractivity contribution in [3.63, 3.8) is 0 Å². The number of nitrogens with zero attached hydrogens (tertiary/aromatic N) is 2. The predicted octanol–water partition coefficient (Wildman–Crippen LogP) is 5.24. The molecule has 0 saturated carbocycles. The van der Waals surface area contributed by atoms with Crippen LogP contribution < -0.4 is 0 Å². The summed E-state index contributed by atoms with van der Waals surface area (Å²) in [7, 11) is 0. The van der Waals surface area contributed by atoms with Crippen molar-refractivity contribution in [1.82, 2.24) is 9.78 Å². The summed E-state index contributed by atoms with van der Waals surface area (Å²) < 4.78 is 2.10. The average molecular weight is 378 g/mol. The largest absolute Gasteiger partial charge is 0.294 e. The molecular formula is C26H22N2O. The lowest BCUT2D eigenvalue weighted by molar-refractivity contribution is 0.0971. The molecule has 0 aliphatic heterocycles. The zero-order valence-electron chi connectivity index (χ0n) is 16.2. The summed E-state index contributed by atoms with van der Waals surface area (Å²) in [5.74, 6) is 0.195. The minimum Gasteiger partial charge on any atom is -0.294 e. The Morgan fingerprint density at radius 1 is 0.690 bits per heavy atom. The van der Waals surface area contributed by atoms with E-state index in [1.165, 1.54) is 0 Å². The third kappa shape index (κ3) is 2.73. The predicted molar refractivity (Wildman–Crippen MR) is 114 cm³/mol. The molecule has 0 atom stereocenters. The van der Waals surface area contributed by atoms with Gasteiger partial charge in [0, 0.05) is 6.42 Å². The molecule has 1 heterocycles. The van der Waals surface area contributed by atoms with Gasteiger partial charge in [0.15, 0.2) is 5.78 Å². The topological polar surface area (TPSA) is 34.9 Å². The zero-order valence-corrected chi connectivity index (χ0v) is 16.2. The van der Waals surface area contributed by atoms with E-state index < -0.39 is 5.54 Å².